The van der Waals surface area contributed by atoms with Crippen molar-refractivity contribution in [1.29, 1.82) is 0 Å². The third kappa shape index (κ3) is 6.80. The molecule has 24 heavy (non-hydrogen) atoms. The summed E-state index contributed by atoms with van der Waals surface area (Å²) >= 11 is 0. The van der Waals surface area contributed by atoms with Crippen molar-refractivity contribution in [2.24, 2.45) is 0 Å². The highest BCUT2D eigenvalue weighted by atomic mass is 32.2. The van der Waals surface area contributed by atoms with E-state index in [-0.39, 0.29) is 11.5 Å². The first-order valence-corrected chi connectivity index (χ1v) is 9.69. The molecule has 2 aromatic carbocycles. The molecular formula is C21H22O2S. The van der Waals surface area contributed by atoms with Gasteiger partial charge in [0.1, 0.15) is 0 Å². The van der Waals surface area contributed by atoms with E-state index in [1.807, 2.05) is 85.8 Å². The predicted molar refractivity (Wildman–Crippen MR) is 103 cm³/mol. The van der Waals surface area contributed by atoms with E-state index in [1.165, 1.54) is 0 Å². The zero-order valence-corrected chi connectivity index (χ0v) is 14.6. The largest absolute Gasteiger partial charge is 0.228 e. The van der Waals surface area contributed by atoms with Gasteiger partial charge in [-0.3, -0.25) is 0 Å². The second-order valence-corrected chi connectivity index (χ2v) is 7.75. The van der Waals surface area contributed by atoms with Gasteiger partial charge in [0.15, 0.2) is 9.84 Å². The fourth-order valence-electron chi connectivity index (χ4n) is 2.20. The molecule has 0 aliphatic carbocycles. The van der Waals surface area contributed by atoms with Crippen molar-refractivity contribution in [3.05, 3.63) is 95.6 Å². The van der Waals surface area contributed by atoms with Crippen molar-refractivity contribution >= 4 is 22.0 Å². The maximum absolute atomic E-state index is 12.0. The highest BCUT2D eigenvalue weighted by Crippen LogP contribution is 2.07. The molecule has 0 amide bonds. The fraction of sp³-hybridized carbons (Fsp3) is 0.143. The highest BCUT2D eigenvalue weighted by molar-refractivity contribution is 7.91. The molecule has 0 fully saturated rings. The number of hydrogen-bond acceptors (Lipinski definition) is 2. The molecule has 0 heterocycles. The van der Waals surface area contributed by atoms with Crippen LogP contribution in [0.25, 0.3) is 12.2 Å². The van der Waals surface area contributed by atoms with Crippen molar-refractivity contribution in [3.63, 3.8) is 0 Å². The second-order valence-electron chi connectivity index (χ2n) is 5.59. The Morgan fingerprint density at radius 3 is 2.00 bits per heavy atom. The first kappa shape index (κ1) is 18.0. The molecule has 0 N–H and O–H groups in total. The van der Waals surface area contributed by atoms with Crippen molar-refractivity contribution < 1.29 is 8.42 Å². The van der Waals surface area contributed by atoms with E-state index in [9.17, 15) is 8.42 Å². The average molecular weight is 338 g/mol. The van der Waals surface area contributed by atoms with Crippen LogP contribution in [-0.2, 0) is 9.84 Å². The summed E-state index contributed by atoms with van der Waals surface area (Å²) < 4.78 is 24.1. The Hall–Kier alpha value is -2.39. The Labute approximate surface area is 144 Å². The van der Waals surface area contributed by atoms with E-state index in [0.29, 0.717) is 0 Å². The summed E-state index contributed by atoms with van der Waals surface area (Å²) in [6, 6.07) is 19.6. The summed E-state index contributed by atoms with van der Waals surface area (Å²) in [5.74, 6) is 0.0970. The molecule has 0 aliphatic heterocycles. The summed E-state index contributed by atoms with van der Waals surface area (Å²) in [7, 11) is -3.12. The van der Waals surface area contributed by atoms with E-state index < -0.39 is 9.84 Å². The van der Waals surface area contributed by atoms with E-state index in [2.05, 4.69) is 0 Å². The Morgan fingerprint density at radius 1 is 0.833 bits per heavy atom. The Morgan fingerprint density at radius 2 is 1.38 bits per heavy atom. The lowest BCUT2D eigenvalue weighted by Gasteiger charge is -1.98. The number of sulfone groups is 1. The predicted octanol–water partition coefficient (Wildman–Crippen LogP) is 4.77. The molecular weight excluding hydrogens is 316 g/mol. The molecule has 124 valence electrons. The minimum Gasteiger partial charge on any atom is -0.228 e. The first-order valence-electron chi connectivity index (χ1n) is 7.87. The van der Waals surface area contributed by atoms with E-state index in [0.717, 1.165) is 16.7 Å². The molecule has 2 aromatic rings. The first-order chi connectivity index (χ1) is 11.6. The lowest BCUT2D eigenvalue weighted by Crippen LogP contribution is -2.07. The third-order valence-electron chi connectivity index (χ3n) is 3.38. The molecule has 0 saturated heterocycles. The van der Waals surface area contributed by atoms with Gasteiger partial charge in [-0.25, -0.2) is 8.42 Å². The molecule has 0 atom stereocenters. The maximum atomic E-state index is 12.0. The van der Waals surface area contributed by atoms with Crippen molar-refractivity contribution in [3.8, 4) is 0 Å². The minimum absolute atomic E-state index is 0.0477. The van der Waals surface area contributed by atoms with Crippen LogP contribution < -0.4 is 0 Å². The van der Waals surface area contributed by atoms with Crippen LogP contribution in [0.5, 0.6) is 0 Å². The molecule has 2 nitrogen and oxygen atoms in total. The van der Waals surface area contributed by atoms with Crippen LogP contribution in [0.15, 0.2) is 84.5 Å². The van der Waals surface area contributed by atoms with Crippen LogP contribution in [0.4, 0.5) is 0 Å². The Balaban J connectivity index is 1.88. The fourth-order valence-corrected chi connectivity index (χ4v) is 3.12. The van der Waals surface area contributed by atoms with Crippen molar-refractivity contribution in [2.75, 3.05) is 11.5 Å². The standard InChI is InChI=1S/C21H22O2S/c1-19(18-21-13-6-3-7-14-21)10-8-16-24(22,23)17-9-15-20-11-4-2-5-12-20/h2-15,18H,16-17H2,1H3/b10-8+,15-9+,19-18+. The van der Waals surface area contributed by atoms with Crippen molar-refractivity contribution in [1.82, 2.24) is 0 Å². The topological polar surface area (TPSA) is 34.1 Å². The van der Waals surface area contributed by atoms with Gasteiger partial charge in [-0.1, -0.05) is 96.6 Å². The number of rotatable bonds is 7. The highest BCUT2D eigenvalue weighted by Gasteiger charge is 2.05. The van der Waals surface area contributed by atoms with Gasteiger partial charge in [0.05, 0.1) is 11.5 Å². The molecule has 0 unspecified atom stereocenters. The van der Waals surface area contributed by atoms with Crippen LogP contribution in [-0.4, -0.2) is 19.9 Å². The zero-order valence-electron chi connectivity index (χ0n) is 13.8. The maximum Gasteiger partial charge on any atom is 0.157 e. The molecule has 0 saturated carbocycles. The molecule has 0 radical (unpaired) electrons. The second kappa shape index (κ2) is 9.04. The SMILES string of the molecule is CC(/C=C/CS(=O)(=O)C/C=C/c1ccccc1)=C\c1ccccc1. The van der Waals surface area contributed by atoms with Gasteiger partial charge in [-0.2, -0.15) is 0 Å². The number of benzene rings is 2. The van der Waals surface area contributed by atoms with Crippen LogP contribution in [0.2, 0.25) is 0 Å². The molecule has 0 spiro atoms. The summed E-state index contributed by atoms with van der Waals surface area (Å²) in [6.45, 7) is 1.96. The van der Waals surface area contributed by atoms with Gasteiger partial charge in [0.2, 0.25) is 0 Å². The van der Waals surface area contributed by atoms with Gasteiger partial charge in [-0.05, 0) is 18.1 Å². The monoisotopic (exact) mass is 338 g/mol. The lowest BCUT2D eigenvalue weighted by molar-refractivity contribution is 0.602. The zero-order chi connectivity index (χ0) is 17.3. The van der Waals surface area contributed by atoms with Crippen LogP contribution in [0.1, 0.15) is 18.1 Å². The van der Waals surface area contributed by atoms with Crippen molar-refractivity contribution in [2.45, 2.75) is 6.92 Å². The number of hydrogen-bond donors (Lipinski definition) is 0. The summed E-state index contributed by atoms with van der Waals surface area (Å²) in [5.41, 5.74) is 3.13. The molecule has 0 aromatic heterocycles. The molecule has 2 rings (SSSR count). The Kier molecular flexibility index (Phi) is 6.76. The molecule has 0 bridgehead atoms. The van der Waals surface area contributed by atoms with E-state index >= 15 is 0 Å². The third-order valence-corrected chi connectivity index (χ3v) is 4.79. The smallest absolute Gasteiger partial charge is 0.157 e. The van der Waals surface area contributed by atoms with Crippen LogP contribution in [0.3, 0.4) is 0 Å². The van der Waals surface area contributed by atoms with Gasteiger partial charge < -0.3 is 0 Å². The Bertz CT molecular complexity index is 815. The van der Waals surface area contributed by atoms with E-state index in [1.54, 1.807) is 12.2 Å². The summed E-state index contributed by atoms with van der Waals surface area (Å²) in [5, 5.41) is 0. The quantitative estimate of drug-likeness (QED) is 0.681. The number of allylic oxidation sites excluding steroid dienone is 2. The minimum atomic E-state index is -3.12. The van der Waals surface area contributed by atoms with Gasteiger partial charge in [0, 0.05) is 0 Å². The van der Waals surface area contributed by atoms with Crippen LogP contribution in [0, 0.1) is 0 Å². The lowest BCUT2D eigenvalue weighted by atomic mass is 10.1. The molecule has 3 heteroatoms. The summed E-state index contributed by atoms with van der Waals surface area (Å²) in [6.07, 6.45) is 9.12. The van der Waals surface area contributed by atoms with Gasteiger partial charge in [0.25, 0.3) is 0 Å². The van der Waals surface area contributed by atoms with E-state index in [4.69, 9.17) is 0 Å². The van der Waals surface area contributed by atoms with Crippen LogP contribution >= 0.6 is 0 Å². The summed E-state index contributed by atoms with van der Waals surface area (Å²) in [4.78, 5) is 0. The van der Waals surface area contributed by atoms with Gasteiger partial charge >= 0.3 is 0 Å². The molecule has 0 aliphatic rings. The average Bonchev–Trinajstić information content (AvgIpc) is 2.56. The van der Waals surface area contributed by atoms with Gasteiger partial charge in [-0.15, -0.1) is 0 Å². The normalized spacial score (nSPS) is 13.0.